The molecular weight excluding hydrogens is 402 g/mol. The first-order chi connectivity index (χ1) is 15.1. The molecule has 0 aliphatic rings. The Morgan fingerprint density at radius 1 is 0.871 bits per heavy atom. The molecule has 6 nitrogen and oxygen atoms in total. The summed E-state index contributed by atoms with van der Waals surface area (Å²) in [6, 6.07) is 17.2. The number of benzene rings is 2. The Hall–Kier alpha value is -4.25. The highest BCUT2D eigenvalue weighted by molar-refractivity contribution is 5.37. The maximum absolute atomic E-state index is 14.1. The van der Waals surface area contributed by atoms with E-state index in [1.54, 1.807) is 48.7 Å². The van der Waals surface area contributed by atoms with Gasteiger partial charge in [0.15, 0.2) is 17.4 Å². The number of halogens is 2. The van der Waals surface area contributed by atoms with Crippen LogP contribution in [0.2, 0.25) is 0 Å². The quantitative estimate of drug-likeness (QED) is 0.439. The fraction of sp³-hybridized carbons (Fsp3) is 0.0870. The van der Waals surface area contributed by atoms with Gasteiger partial charge in [-0.1, -0.05) is 18.2 Å². The first-order valence-corrected chi connectivity index (χ1v) is 9.31. The highest BCUT2D eigenvalue weighted by Crippen LogP contribution is 2.22. The number of pyridine rings is 1. The average molecular weight is 418 g/mol. The largest absolute Gasteiger partial charge is 0.486 e. The molecule has 0 radical (unpaired) electrons. The molecule has 0 bridgehead atoms. The van der Waals surface area contributed by atoms with Crippen molar-refractivity contribution >= 4 is 0 Å². The molecule has 4 rings (SSSR count). The van der Waals surface area contributed by atoms with Gasteiger partial charge in [-0.25, -0.2) is 13.8 Å². The topological polar surface area (TPSA) is 73.0 Å². The van der Waals surface area contributed by atoms with Gasteiger partial charge in [0.2, 0.25) is 5.88 Å². The Balaban J connectivity index is 1.45. The number of ether oxygens (including phenoxy) is 2. The van der Waals surface area contributed by atoms with E-state index >= 15 is 0 Å². The normalized spacial score (nSPS) is 10.5. The number of hydrogen-bond donors (Lipinski definition) is 0. The van der Waals surface area contributed by atoms with Gasteiger partial charge in [0.1, 0.15) is 19.0 Å². The predicted octanol–water partition coefficient (Wildman–Crippen LogP) is 4.58. The summed E-state index contributed by atoms with van der Waals surface area (Å²) in [5.74, 6) is 0.0841. The lowest BCUT2D eigenvalue weighted by atomic mass is 10.2. The van der Waals surface area contributed by atoms with Crippen molar-refractivity contribution in [3.05, 3.63) is 101 Å². The van der Waals surface area contributed by atoms with Crippen LogP contribution in [-0.2, 0) is 13.2 Å². The van der Waals surface area contributed by atoms with Crippen LogP contribution in [-0.4, -0.2) is 14.8 Å². The molecule has 2 heterocycles. The summed E-state index contributed by atoms with van der Waals surface area (Å²) < 4.78 is 40.0. The van der Waals surface area contributed by atoms with Gasteiger partial charge < -0.3 is 9.47 Å². The zero-order valence-corrected chi connectivity index (χ0v) is 16.2. The van der Waals surface area contributed by atoms with Crippen LogP contribution in [0.15, 0.2) is 73.1 Å². The molecule has 0 amide bonds. The van der Waals surface area contributed by atoms with Crippen molar-refractivity contribution in [3.63, 3.8) is 0 Å². The smallest absolute Gasteiger partial charge is 0.218 e. The van der Waals surface area contributed by atoms with E-state index in [4.69, 9.17) is 14.7 Å². The van der Waals surface area contributed by atoms with Crippen LogP contribution in [0.3, 0.4) is 0 Å². The monoisotopic (exact) mass is 418 g/mol. The standard InChI is InChI=1S/C23H16F2N4O2/c24-19-4-1-16(2-5-19)14-30-21-11-18(3-6-20(21)25)15-31-23-8-10-28-29(23)22-12-17(13-26)7-9-27-22/h1-12H,14-15H2. The molecule has 0 aliphatic heterocycles. The molecule has 0 saturated carbocycles. The summed E-state index contributed by atoms with van der Waals surface area (Å²) >= 11 is 0. The lowest BCUT2D eigenvalue weighted by Gasteiger charge is -2.11. The van der Waals surface area contributed by atoms with Crippen molar-refractivity contribution in [1.82, 2.24) is 14.8 Å². The summed E-state index contributed by atoms with van der Waals surface area (Å²) in [5.41, 5.74) is 1.85. The number of aromatic nitrogens is 3. The van der Waals surface area contributed by atoms with Gasteiger partial charge >= 0.3 is 0 Å². The molecule has 4 aromatic rings. The third kappa shape index (κ3) is 4.85. The van der Waals surface area contributed by atoms with Gasteiger partial charge in [-0.3, -0.25) is 0 Å². The van der Waals surface area contributed by atoms with E-state index in [9.17, 15) is 8.78 Å². The lowest BCUT2D eigenvalue weighted by Crippen LogP contribution is -2.05. The molecule has 0 N–H and O–H groups in total. The van der Waals surface area contributed by atoms with E-state index in [1.807, 2.05) is 0 Å². The molecule has 0 unspecified atom stereocenters. The van der Waals surface area contributed by atoms with Crippen LogP contribution in [0.5, 0.6) is 11.6 Å². The van der Waals surface area contributed by atoms with Crippen molar-refractivity contribution in [2.24, 2.45) is 0 Å². The van der Waals surface area contributed by atoms with Crippen molar-refractivity contribution in [3.8, 4) is 23.5 Å². The summed E-state index contributed by atoms with van der Waals surface area (Å²) in [4.78, 5) is 4.21. The molecule has 0 atom stereocenters. The zero-order valence-electron chi connectivity index (χ0n) is 16.2. The van der Waals surface area contributed by atoms with Crippen LogP contribution in [0, 0.1) is 23.0 Å². The molecule has 0 aliphatic carbocycles. The minimum Gasteiger partial charge on any atom is -0.486 e. The predicted molar refractivity (Wildman–Crippen MR) is 108 cm³/mol. The Morgan fingerprint density at radius 3 is 2.45 bits per heavy atom. The summed E-state index contributed by atoms with van der Waals surface area (Å²) in [6.07, 6.45) is 3.07. The Labute approximate surface area is 176 Å². The van der Waals surface area contributed by atoms with Crippen LogP contribution in [0.25, 0.3) is 5.82 Å². The number of hydrogen-bond acceptors (Lipinski definition) is 5. The summed E-state index contributed by atoms with van der Waals surface area (Å²) in [5, 5.41) is 13.2. The van der Waals surface area contributed by atoms with E-state index in [-0.39, 0.29) is 24.8 Å². The molecule has 2 aromatic heterocycles. The highest BCUT2D eigenvalue weighted by atomic mass is 19.1. The van der Waals surface area contributed by atoms with Crippen molar-refractivity contribution in [2.45, 2.75) is 13.2 Å². The number of rotatable bonds is 7. The minimum absolute atomic E-state index is 0.0716. The van der Waals surface area contributed by atoms with Crippen LogP contribution < -0.4 is 9.47 Å². The SMILES string of the molecule is N#Cc1ccnc(-n2nccc2OCc2ccc(F)c(OCc3ccc(F)cc3)c2)c1. The summed E-state index contributed by atoms with van der Waals surface area (Å²) in [6.45, 7) is 0.242. The second-order valence-electron chi connectivity index (χ2n) is 6.56. The highest BCUT2D eigenvalue weighted by Gasteiger charge is 2.10. The van der Waals surface area contributed by atoms with Gasteiger partial charge in [0.05, 0.1) is 17.8 Å². The van der Waals surface area contributed by atoms with E-state index in [2.05, 4.69) is 16.2 Å². The van der Waals surface area contributed by atoms with Crippen LogP contribution in [0.4, 0.5) is 8.78 Å². The van der Waals surface area contributed by atoms with Crippen LogP contribution >= 0.6 is 0 Å². The fourth-order valence-electron chi connectivity index (χ4n) is 2.82. The fourth-order valence-corrected chi connectivity index (χ4v) is 2.82. The Bertz CT molecular complexity index is 1230. The van der Waals surface area contributed by atoms with Gasteiger partial charge in [-0.05, 0) is 41.5 Å². The number of nitriles is 1. The van der Waals surface area contributed by atoms with Crippen molar-refractivity contribution in [1.29, 1.82) is 5.26 Å². The number of nitrogens with zero attached hydrogens (tertiary/aromatic N) is 4. The molecule has 31 heavy (non-hydrogen) atoms. The average Bonchev–Trinajstić information content (AvgIpc) is 3.27. The van der Waals surface area contributed by atoms with Gasteiger partial charge in [0.25, 0.3) is 0 Å². The zero-order chi connectivity index (χ0) is 21.6. The third-order valence-corrected chi connectivity index (χ3v) is 4.39. The second-order valence-corrected chi connectivity index (χ2v) is 6.56. The molecule has 2 aromatic carbocycles. The van der Waals surface area contributed by atoms with Crippen molar-refractivity contribution in [2.75, 3.05) is 0 Å². The van der Waals surface area contributed by atoms with Gasteiger partial charge in [0, 0.05) is 18.3 Å². The molecule has 0 spiro atoms. The van der Waals surface area contributed by atoms with Crippen molar-refractivity contribution < 1.29 is 18.3 Å². The molecule has 0 saturated heterocycles. The van der Waals surface area contributed by atoms with E-state index in [0.29, 0.717) is 22.8 Å². The first kappa shape index (κ1) is 20.0. The molecule has 154 valence electrons. The molecular formula is C23H16F2N4O2. The van der Waals surface area contributed by atoms with E-state index < -0.39 is 5.82 Å². The Morgan fingerprint density at radius 2 is 1.65 bits per heavy atom. The lowest BCUT2D eigenvalue weighted by molar-refractivity contribution is 0.276. The van der Waals surface area contributed by atoms with E-state index in [0.717, 1.165) is 5.56 Å². The van der Waals surface area contributed by atoms with E-state index in [1.165, 1.54) is 29.1 Å². The minimum atomic E-state index is -0.506. The molecule has 0 fully saturated rings. The van der Waals surface area contributed by atoms with Crippen LogP contribution in [0.1, 0.15) is 16.7 Å². The first-order valence-electron chi connectivity index (χ1n) is 9.31. The molecule has 8 heteroatoms. The van der Waals surface area contributed by atoms with Gasteiger partial charge in [-0.2, -0.15) is 15.0 Å². The third-order valence-electron chi connectivity index (χ3n) is 4.39. The summed E-state index contributed by atoms with van der Waals surface area (Å²) in [7, 11) is 0. The maximum Gasteiger partial charge on any atom is 0.218 e. The second kappa shape index (κ2) is 9.05. The maximum atomic E-state index is 14.1. The van der Waals surface area contributed by atoms with Gasteiger partial charge in [-0.15, -0.1) is 0 Å². The Kier molecular flexibility index (Phi) is 5.85.